The number of carbonyl (C=O) groups is 1. The third-order valence-corrected chi connectivity index (χ3v) is 8.71. The molecule has 0 aliphatic carbocycles. The number of nitrogens with zero attached hydrogens (tertiary/aromatic N) is 4. The van der Waals surface area contributed by atoms with Gasteiger partial charge in [-0.3, -0.25) is 9.52 Å². The molecule has 1 amide bonds. The van der Waals surface area contributed by atoms with Crippen molar-refractivity contribution in [3.05, 3.63) is 72.1 Å². The van der Waals surface area contributed by atoms with Crippen molar-refractivity contribution in [1.29, 1.82) is 0 Å². The molecule has 1 N–H and O–H groups in total. The van der Waals surface area contributed by atoms with E-state index in [0.717, 1.165) is 11.1 Å². The molecule has 1 unspecified atom stereocenters. The highest BCUT2D eigenvalue weighted by Crippen LogP contribution is 2.27. The molecule has 0 saturated carbocycles. The average Bonchev–Trinajstić information content (AvgIpc) is 3.53. The van der Waals surface area contributed by atoms with Crippen LogP contribution < -0.4 is 9.62 Å². The Kier molecular flexibility index (Phi) is 6.44. The molecule has 0 radical (unpaired) electrons. The number of amides is 1. The van der Waals surface area contributed by atoms with E-state index >= 15 is 0 Å². The van der Waals surface area contributed by atoms with Crippen LogP contribution >= 0.6 is 11.3 Å². The number of hydrogen-bond donors (Lipinski definition) is 1. The molecule has 8 nitrogen and oxygen atoms in total. The molecule has 1 aliphatic rings. The van der Waals surface area contributed by atoms with E-state index in [4.69, 9.17) is 0 Å². The van der Waals surface area contributed by atoms with Gasteiger partial charge in [0.1, 0.15) is 11.9 Å². The molecule has 1 aliphatic heterocycles. The predicted molar refractivity (Wildman–Crippen MR) is 139 cm³/mol. The molecule has 11 heteroatoms. The summed E-state index contributed by atoms with van der Waals surface area (Å²) in [6, 6.07) is 12.8. The van der Waals surface area contributed by atoms with E-state index < -0.39 is 16.1 Å². The number of nitrogens with one attached hydrogen (secondary N) is 1. The molecule has 1 saturated heterocycles. The summed E-state index contributed by atoms with van der Waals surface area (Å²) in [6.07, 6.45) is 3.30. The summed E-state index contributed by atoms with van der Waals surface area (Å²) < 4.78 is 43.8. The van der Waals surface area contributed by atoms with E-state index in [0.29, 0.717) is 30.3 Å². The Labute approximate surface area is 213 Å². The van der Waals surface area contributed by atoms with Crippen molar-refractivity contribution in [2.24, 2.45) is 0 Å². The molecule has 1 fully saturated rings. The normalized spacial score (nSPS) is 17.4. The first-order valence-corrected chi connectivity index (χ1v) is 13.9. The third kappa shape index (κ3) is 4.56. The maximum atomic E-state index is 14.5. The van der Waals surface area contributed by atoms with E-state index in [1.54, 1.807) is 53.4 Å². The third-order valence-electron chi connectivity index (χ3n) is 6.54. The van der Waals surface area contributed by atoms with Gasteiger partial charge < -0.3 is 14.4 Å². The van der Waals surface area contributed by atoms with Gasteiger partial charge in [0.15, 0.2) is 5.13 Å². The van der Waals surface area contributed by atoms with Gasteiger partial charge in [0.05, 0.1) is 10.4 Å². The quantitative estimate of drug-likeness (QED) is 0.403. The zero-order chi connectivity index (χ0) is 25.4. The highest BCUT2D eigenvalue weighted by atomic mass is 32.2. The second-order valence-electron chi connectivity index (χ2n) is 8.84. The fourth-order valence-electron chi connectivity index (χ4n) is 4.66. The van der Waals surface area contributed by atoms with Crippen molar-refractivity contribution in [2.75, 3.05) is 29.3 Å². The predicted octanol–water partition coefficient (Wildman–Crippen LogP) is 4.34. The van der Waals surface area contributed by atoms with Gasteiger partial charge in [-0.05, 0) is 50.2 Å². The SMILES string of the molecule is CC(C(=O)N1CCN(c2ccc(S(=O)(=O)Nc3nccs3)cc2)C[C@H]1C)n1ccc2cccc(F)c21. The molecule has 3 heterocycles. The van der Waals surface area contributed by atoms with Crippen LogP contribution in [-0.2, 0) is 14.8 Å². The number of halogens is 1. The van der Waals surface area contributed by atoms with Crippen molar-refractivity contribution in [1.82, 2.24) is 14.5 Å². The Balaban J connectivity index is 1.26. The smallest absolute Gasteiger partial charge is 0.263 e. The minimum absolute atomic E-state index is 0.0578. The maximum absolute atomic E-state index is 14.5. The Morgan fingerprint density at radius 2 is 1.94 bits per heavy atom. The second-order valence-corrected chi connectivity index (χ2v) is 11.4. The van der Waals surface area contributed by atoms with Crippen molar-refractivity contribution in [3.63, 3.8) is 0 Å². The average molecular weight is 528 g/mol. The summed E-state index contributed by atoms with van der Waals surface area (Å²) in [7, 11) is -3.71. The molecule has 5 rings (SSSR count). The fraction of sp³-hybridized carbons (Fsp3) is 0.280. The van der Waals surface area contributed by atoms with E-state index in [1.807, 2.05) is 24.0 Å². The molecule has 0 bridgehead atoms. The van der Waals surface area contributed by atoms with E-state index in [2.05, 4.69) is 14.6 Å². The van der Waals surface area contributed by atoms with Gasteiger partial charge in [-0.2, -0.15) is 0 Å². The number of hydrogen-bond acceptors (Lipinski definition) is 6. The van der Waals surface area contributed by atoms with Crippen molar-refractivity contribution in [3.8, 4) is 0 Å². The van der Waals surface area contributed by atoms with Crippen molar-refractivity contribution in [2.45, 2.75) is 30.8 Å². The standard InChI is InChI=1S/C25H26FN5O3S2/c1-17-16-29(20-6-8-21(9-7-20)36(33,34)28-25-27-11-15-35-25)13-14-30(17)24(32)18(2)31-12-10-19-4-3-5-22(26)23(19)31/h3-12,15,17-18H,13-14,16H2,1-2H3,(H,27,28)/t17-,18?/m1/s1. The summed E-state index contributed by atoms with van der Waals surface area (Å²) in [6.45, 7) is 5.50. The lowest BCUT2D eigenvalue weighted by Gasteiger charge is -2.42. The number of para-hydroxylation sites is 1. The first-order chi connectivity index (χ1) is 17.2. The number of piperazine rings is 1. The molecular formula is C25H26FN5O3S2. The van der Waals surface area contributed by atoms with Crippen molar-refractivity contribution >= 4 is 49.0 Å². The van der Waals surface area contributed by atoms with Gasteiger partial charge in [0.25, 0.3) is 10.0 Å². The summed E-state index contributed by atoms with van der Waals surface area (Å²) in [5.74, 6) is -0.403. The Morgan fingerprint density at radius 3 is 2.64 bits per heavy atom. The van der Waals surface area contributed by atoms with Crippen LogP contribution in [0.1, 0.15) is 19.9 Å². The zero-order valence-corrected chi connectivity index (χ0v) is 21.5. The Bertz CT molecular complexity index is 1490. The lowest BCUT2D eigenvalue weighted by atomic mass is 10.1. The number of aromatic nitrogens is 2. The monoisotopic (exact) mass is 527 g/mol. The topological polar surface area (TPSA) is 87.5 Å². The molecule has 2 aromatic carbocycles. The number of thiazole rings is 1. The molecule has 4 aromatic rings. The van der Waals surface area contributed by atoms with Crippen molar-refractivity contribution < 1.29 is 17.6 Å². The first kappa shape index (κ1) is 24.3. The number of rotatable bonds is 6. The van der Waals surface area contributed by atoms with E-state index in [9.17, 15) is 17.6 Å². The second kappa shape index (κ2) is 9.55. The number of anilines is 2. The van der Waals surface area contributed by atoms with Gasteiger partial charge in [0, 0.05) is 54.5 Å². The Morgan fingerprint density at radius 1 is 1.17 bits per heavy atom. The largest absolute Gasteiger partial charge is 0.368 e. The van der Waals surface area contributed by atoms with Gasteiger partial charge in [0.2, 0.25) is 5.91 Å². The number of benzene rings is 2. The minimum Gasteiger partial charge on any atom is -0.368 e. The maximum Gasteiger partial charge on any atom is 0.263 e. The number of sulfonamides is 1. The van der Waals surface area contributed by atoms with Crippen LogP contribution in [0.2, 0.25) is 0 Å². The molecular weight excluding hydrogens is 501 g/mol. The van der Waals surface area contributed by atoms with Gasteiger partial charge in [-0.25, -0.2) is 17.8 Å². The Hall–Kier alpha value is -3.44. The van der Waals surface area contributed by atoms with Gasteiger partial charge in [-0.1, -0.05) is 12.1 Å². The zero-order valence-electron chi connectivity index (χ0n) is 19.8. The summed E-state index contributed by atoms with van der Waals surface area (Å²) in [4.78, 5) is 21.5. The van der Waals surface area contributed by atoms with Crippen LogP contribution in [0.3, 0.4) is 0 Å². The van der Waals surface area contributed by atoms with Gasteiger partial charge >= 0.3 is 0 Å². The molecule has 188 valence electrons. The highest BCUT2D eigenvalue weighted by Gasteiger charge is 2.31. The van der Waals surface area contributed by atoms with Gasteiger partial charge in [-0.15, -0.1) is 11.3 Å². The van der Waals surface area contributed by atoms with Crippen LogP contribution in [-0.4, -0.2) is 54.5 Å². The molecule has 36 heavy (non-hydrogen) atoms. The van der Waals surface area contributed by atoms with E-state index in [1.165, 1.54) is 23.6 Å². The number of fused-ring (bicyclic) bond motifs is 1. The van der Waals surface area contributed by atoms with Crippen LogP contribution in [0.5, 0.6) is 0 Å². The fourth-order valence-corrected chi connectivity index (χ4v) is 6.45. The lowest BCUT2D eigenvalue weighted by Crippen LogP contribution is -2.55. The molecule has 0 spiro atoms. The summed E-state index contributed by atoms with van der Waals surface area (Å²) in [5.41, 5.74) is 1.32. The summed E-state index contributed by atoms with van der Waals surface area (Å²) >= 11 is 1.21. The van der Waals surface area contributed by atoms with E-state index in [-0.39, 0.29) is 22.7 Å². The minimum atomic E-state index is -3.71. The molecule has 2 aromatic heterocycles. The lowest BCUT2D eigenvalue weighted by molar-refractivity contribution is -0.136. The first-order valence-electron chi connectivity index (χ1n) is 11.6. The highest BCUT2D eigenvalue weighted by molar-refractivity contribution is 7.93. The number of carbonyl (C=O) groups excluding carboxylic acids is 1. The van der Waals surface area contributed by atoms with Crippen LogP contribution in [0.25, 0.3) is 10.9 Å². The van der Waals surface area contributed by atoms with Crippen LogP contribution in [0.4, 0.5) is 15.2 Å². The summed E-state index contributed by atoms with van der Waals surface area (Å²) in [5, 5.41) is 2.78. The molecule has 2 atom stereocenters. The van der Waals surface area contributed by atoms with Crippen LogP contribution in [0, 0.1) is 5.82 Å². The van der Waals surface area contributed by atoms with Crippen LogP contribution in [0.15, 0.2) is 71.2 Å².